The van der Waals surface area contributed by atoms with Crippen molar-refractivity contribution in [2.75, 3.05) is 13.7 Å². The van der Waals surface area contributed by atoms with Crippen molar-refractivity contribution in [2.24, 2.45) is 0 Å². The van der Waals surface area contributed by atoms with E-state index in [0.717, 1.165) is 14.0 Å². The van der Waals surface area contributed by atoms with Crippen LogP contribution in [0.15, 0.2) is 0 Å². The molecule has 0 aromatic carbocycles. The van der Waals surface area contributed by atoms with E-state index < -0.39 is 79.8 Å². The van der Waals surface area contributed by atoms with Crippen LogP contribution in [0.25, 0.3) is 0 Å². The summed E-state index contributed by atoms with van der Waals surface area (Å²) in [6.45, 7) is 0.429. The Labute approximate surface area is 159 Å². The maximum absolute atomic E-state index is 11.4. The van der Waals surface area contributed by atoms with E-state index in [0.29, 0.717) is 0 Å². The molecule has 0 saturated carbocycles. The number of carbonyl (C=O) groups excluding carboxylic acids is 1. The third kappa shape index (κ3) is 4.59. The second-order valence-corrected chi connectivity index (χ2v) is 6.51. The van der Waals surface area contributed by atoms with Crippen LogP contribution in [-0.2, 0) is 28.5 Å². The topological polar surface area (TPSA) is 204 Å². The van der Waals surface area contributed by atoms with Crippen molar-refractivity contribution >= 4 is 11.9 Å². The van der Waals surface area contributed by atoms with Gasteiger partial charge in [0.25, 0.3) is 0 Å². The van der Waals surface area contributed by atoms with Crippen LogP contribution >= 0.6 is 0 Å². The number of nitrogens with one attached hydrogen (secondary N) is 1. The number of aliphatic hydroxyl groups is 5. The van der Waals surface area contributed by atoms with Crippen LogP contribution in [0.1, 0.15) is 6.92 Å². The molecule has 2 aliphatic heterocycles. The van der Waals surface area contributed by atoms with E-state index in [-0.39, 0.29) is 0 Å². The fourth-order valence-corrected chi connectivity index (χ4v) is 3.20. The number of ether oxygens (including phenoxy) is 4. The molecule has 13 heteroatoms. The van der Waals surface area contributed by atoms with Crippen LogP contribution in [0, 0.1) is 0 Å². The van der Waals surface area contributed by atoms with Gasteiger partial charge in [-0.2, -0.15) is 0 Å². The van der Waals surface area contributed by atoms with Crippen molar-refractivity contribution in [2.45, 2.75) is 68.3 Å². The lowest BCUT2D eigenvalue weighted by Crippen LogP contribution is -2.68. The highest BCUT2D eigenvalue weighted by Gasteiger charge is 2.52. The predicted molar refractivity (Wildman–Crippen MR) is 85.6 cm³/mol. The first-order valence-corrected chi connectivity index (χ1v) is 8.44. The van der Waals surface area contributed by atoms with Crippen molar-refractivity contribution in [3.63, 3.8) is 0 Å². The van der Waals surface area contributed by atoms with Crippen molar-refractivity contribution < 1.29 is 59.2 Å². The number of amides is 1. The summed E-state index contributed by atoms with van der Waals surface area (Å²) in [7, 11) is 1.12. The molecule has 2 fully saturated rings. The van der Waals surface area contributed by atoms with Crippen LogP contribution in [0.4, 0.5) is 0 Å². The summed E-state index contributed by atoms with van der Waals surface area (Å²) in [5, 5.41) is 61.7. The van der Waals surface area contributed by atoms with Crippen LogP contribution in [0.5, 0.6) is 0 Å². The highest BCUT2D eigenvalue weighted by atomic mass is 16.7. The average Bonchev–Trinajstić information content (AvgIpc) is 2.63. The van der Waals surface area contributed by atoms with Gasteiger partial charge >= 0.3 is 5.97 Å². The number of aliphatic carboxylic acids is 1. The Kier molecular flexibility index (Phi) is 7.66. The van der Waals surface area contributed by atoms with Gasteiger partial charge in [-0.25, -0.2) is 4.79 Å². The predicted octanol–water partition coefficient (Wildman–Crippen LogP) is -4.51. The fourth-order valence-electron chi connectivity index (χ4n) is 3.20. The second kappa shape index (κ2) is 9.39. The third-order valence-corrected chi connectivity index (χ3v) is 4.59. The Morgan fingerprint density at radius 2 is 1.68 bits per heavy atom. The van der Waals surface area contributed by atoms with Gasteiger partial charge in [0.2, 0.25) is 5.91 Å². The van der Waals surface area contributed by atoms with Gasteiger partial charge in [-0.1, -0.05) is 0 Å². The van der Waals surface area contributed by atoms with Gasteiger partial charge in [0.05, 0.1) is 6.61 Å². The molecule has 2 rings (SSSR count). The molecule has 0 bridgehead atoms. The molecule has 0 aromatic heterocycles. The zero-order valence-electron chi connectivity index (χ0n) is 15.1. The average molecular weight is 411 g/mol. The number of hydrogen-bond acceptors (Lipinski definition) is 11. The molecule has 6 unspecified atom stereocenters. The smallest absolute Gasteiger partial charge is 0.335 e. The van der Waals surface area contributed by atoms with Gasteiger partial charge in [-0.05, 0) is 0 Å². The van der Waals surface area contributed by atoms with Crippen LogP contribution < -0.4 is 5.32 Å². The van der Waals surface area contributed by atoms with Crippen molar-refractivity contribution in [1.82, 2.24) is 5.32 Å². The Balaban J connectivity index is 2.26. The molecule has 10 atom stereocenters. The quantitative estimate of drug-likeness (QED) is 0.221. The summed E-state index contributed by atoms with van der Waals surface area (Å²) in [5.74, 6) is -2.10. The molecule has 2 heterocycles. The molecule has 2 saturated heterocycles. The number of methoxy groups -OCH3 is 1. The maximum Gasteiger partial charge on any atom is 0.335 e. The van der Waals surface area contributed by atoms with E-state index in [2.05, 4.69) is 5.32 Å². The molecule has 162 valence electrons. The summed E-state index contributed by atoms with van der Waals surface area (Å²) in [5.41, 5.74) is 0. The molecule has 0 spiro atoms. The van der Waals surface area contributed by atoms with Crippen LogP contribution in [-0.4, -0.2) is 118 Å². The Hall–Kier alpha value is -1.42. The number of carboxylic acid groups (broad SMARTS) is 1. The zero-order valence-corrected chi connectivity index (χ0v) is 15.1. The van der Waals surface area contributed by atoms with E-state index >= 15 is 0 Å². The number of hydrogen-bond donors (Lipinski definition) is 7. The molecule has 0 radical (unpaired) electrons. The summed E-state index contributed by atoms with van der Waals surface area (Å²) >= 11 is 0. The normalized spacial score (nSPS) is 44.1. The van der Waals surface area contributed by atoms with E-state index in [4.69, 9.17) is 18.9 Å². The minimum Gasteiger partial charge on any atom is -0.479 e. The van der Waals surface area contributed by atoms with E-state index in [1.165, 1.54) is 0 Å². The molecule has 2 aliphatic rings. The van der Waals surface area contributed by atoms with Gasteiger partial charge in [-0.15, -0.1) is 0 Å². The summed E-state index contributed by atoms with van der Waals surface area (Å²) in [6.07, 6.45) is -14.4. The highest BCUT2D eigenvalue weighted by Crippen LogP contribution is 2.29. The zero-order chi connectivity index (χ0) is 21.2. The lowest BCUT2D eigenvalue weighted by Gasteiger charge is -2.46. The lowest BCUT2D eigenvalue weighted by atomic mass is 9.95. The summed E-state index contributed by atoms with van der Waals surface area (Å²) in [4.78, 5) is 22.8. The number of carbonyl (C=O) groups is 2. The highest BCUT2D eigenvalue weighted by molar-refractivity contribution is 5.73. The molecule has 0 aromatic rings. The monoisotopic (exact) mass is 411 g/mol. The maximum atomic E-state index is 11.4. The molecule has 28 heavy (non-hydrogen) atoms. The first-order chi connectivity index (χ1) is 13.1. The number of carboxylic acids is 1. The van der Waals surface area contributed by atoms with Gasteiger partial charge in [-0.3, -0.25) is 4.79 Å². The lowest BCUT2D eigenvalue weighted by molar-refractivity contribution is -0.338. The number of rotatable bonds is 6. The largest absolute Gasteiger partial charge is 0.479 e. The van der Waals surface area contributed by atoms with Gasteiger partial charge in [0.15, 0.2) is 18.7 Å². The first kappa shape index (κ1) is 22.9. The standard InChI is InChI=1S/C15H25NO12/c1-4(18)16-6-10(7(19)5(3-17)26-14(6)24)27-15-9(21)8(20)11(25-2)12(28-15)13(22)23/h5-12,14-15,17,19-21,24H,3H2,1-2H3,(H,16,18)(H,22,23)/t5?,6?,7-,8?,9?,10?,11+,12?,14-,15-/m1/s1. The van der Waals surface area contributed by atoms with E-state index in [1.807, 2.05) is 0 Å². The third-order valence-electron chi connectivity index (χ3n) is 4.59. The SMILES string of the molecule is CO[C@@H]1C(C(=O)O)O[C@@H](OC2C(NC(C)=O)[C@H](O)OC(CO)[C@H]2O)C(O)C1O. The molecule has 0 aliphatic carbocycles. The van der Waals surface area contributed by atoms with Crippen LogP contribution in [0.3, 0.4) is 0 Å². The summed E-state index contributed by atoms with van der Waals surface area (Å²) < 4.78 is 20.5. The van der Waals surface area contributed by atoms with Crippen molar-refractivity contribution in [1.29, 1.82) is 0 Å². The molecule has 13 nitrogen and oxygen atoms in total. The van der Waals surface area contributed by atoms with Gasteiger partial charge in [0.1, 0.15) is 42.7 Å². The Morgan fingerprint density at radius 3 is 2.18 bits per heavy atom. The minimum absolute atomic E-state index is 0.607. The van der Waals surface area contributed by atoms with E-state index in [1.54, 1.807) is 0 Å². The molecule has 1 amide bonds. The van der Waals surface area contributed by atoms with Crippen LogP contribution in [0.2, 0.25) is 0 Å². The Bertz CT molecular complexity index is 561. The second-order valence-electron chi connectivity index (χ2n) is 6.51. The van der Waals surface area contributed by atoms with Gasteiger partial charge < -0.3 is 54.9 Å². The number of aliphatic hydroxyl groups excluding tert-OH is 5. The minimum atomic E-state index is -1.78. The Morgan fingerprint density at radius 1 is 1.04 bits per heavy atom. The molecular formula is C15H25NO12. The van der Waals surface area contributed by atoms with E-state index in [9.17, 15) is 40.2 Å². The van der Waals surface area contributed by atoms with Crippen molar-refractivity contribution in [3.8, 4) is 0 Å². The molecular weight excluding hydrogens is 386 g/mol. The van der Waals surface area contributed by atoms with Gasteiger partial charge in [0, 0.05) is 14.0 Å². The fraction of sp³-hybridized carbons (Fsp3) is 0.867. The first-order valence-electron chi connectivity index (χ1n) is 8.44. The summed E-state index contributed by atoms with van der Waals surface area (Å²) in [6, 6.07) is -1.34. The van der Waals surface area contributed by atoms with Crippen molar-refractivity contribution in [3.05, 3.63) is 0 Å². The molecule has 7 N–H and O–H groups in total.